The smallest absolute Gasteiger partial charge is 0.242 e. The van der Waals surface area contributed by atoms with Gasteiger partial charge in [0.15, 0.2) is 0 Å². The molecule has 5 nitrogen and oxygen atoms in total. The summed E-state index contributed by atoms with van der Waals surface area (Å²) < 4.78 is 0. The molecule has 1 aliphatic carbocycles. The van der Waals surface area contributed by atoms with Crippen molar-refractivity contribution in [2.75, 3.05) is 31.6 Å². The summed E-state index contributed by atoms with van der Waals surface area (Å²) in [4.78, 5) is 27.9. The summed E-state index contributed by atoms with van der Waals surface area (Å²) in [5.74, 6) is 1.13. The van der Waals surface area contributed by atoms with Gasteiger partial charge in [0, 0.05) is 25.0 Å². The van der Waals surface area contributed by atoms with Crippen LogP contribution in [-0.4, -0.2) is 47.5 Å². The lowest BCUT2D eigenvalue weighted by molar-refractivity contribution is -0.128. The van der Waals surface area contributed by atoms with E-state index in [0.29, 0.717) is 6.54 Å². The van der Waals surface area contributed by atoms with E-state index in [1.807, 2.05) is 16.8 Å². The second-order valence-corrected chi connectivity index (χ2v) is 7.62. The number of likely N-dealkylation sites (N-methyl/N-ethyl adjacent to an activating group) is 1. The van der Waals surface area contributed by atoms with Crippen LogP contribution in [0, 0.1) is 0 Å². The molecule has 0 bridgehead atoms. The van der Waals surface area contributed by atoms with Crippen molar-refractivity contribution in [2.24, 2.45) is 0 Å². The number of likely N-dealkylation sites (tertiary alicyclic amines) is 1. The van der Waals surface area contributed by atoms with Gasteiger partial charge in [0.25, 0.3) is 0 Å². The van der Waals surface area contributed by atoms with Crippen molar-refractivity contribution in [3.63, 3.8) is 0 Å². The third kappa shape index (κ3) is 2.69. The SMILES string of the molecule is CN(CC(=O)N1CCCC1)c1ncnc2sc3c(c12)CCCC3. The van der Waals surface area contributed by atoms with Gasteiger partial charge in [0.2, 0.25) is 5.91 Å². The van der Waals surface area contributed by atoms with Crippen LogP contribution in [0.2, 0.25) is 0 Å². The van der Waals surface area contributed by atoms with Gasteiger partial charge >= 0.3 is 0 Å². The first-order valence-electron chi connectivity index (χ1n) is 8.48. The molecule has 1 aliphatic heterocycles. The monoisotopic (exact) mass is 330 g/mol. The molecule has 1 fully saturated rings. The molecule has 4 rings (SSSR count). The van der Waals surface area contributed by atoms with E-state index in [0.717, 1.165) is 49.4 Å². The zero-order chi connectivity index (χ0) is 15.8. The van der Waals surface area contributed by atoms with Gasteiger partial charge in [-0.25, -0.2) is 9.97 Å². The van der Waals surface area contributed by atoms with E-state index in [1.165, 1.54) is 28.7 Å². The molecule has 0 spiro atoms. The Kier molecular flexibility index (Phi) is 3.93. The van der Waals surface area contributed by atoms with Gasteiger partial charge in [-0.15, -0.1) is 11.3 Å². The van der Waals surface area contributed by atoms with Crippen LogP contribution >= 0.6 is 11.3 Å². The molecule has 0 atom stereocenters. The Labute approximate surface area is 140 Å². The van der Waals surface area contributed by atoms with Gasteiger partial charge < -0.3 is 9.80 Å². The van der Waals surface area contributed by atoms with E-state index in [4.69, 9.17) is 0 Å². The van der Waals surface area contributed by atoms with Crippen molar-refractivity contribution in [1.82, 2.24) is 14.9 Å². The molecule has 0 saturated carbocycles. The number of amides is 1. The molecule has 1 amide bonds. The zero-order valence-corrected chi connectivity index (χ0v) is 14.4. The largest absolute Gasteiger partial charge is 0.350 e. The van der Waals surface area contributed by atoms with Crippen molar-refractivity contribution in [1.29, 1.82) is 0 Å². The highest BCUT2D eigenvalue weighted by molar-refractivity contribution is 7.19. The fraction of sp³-hybridized carbons (Fsp3) is 0.588. The van der Waals surface area contributed by atoms with Crippen molar-refractivity contribution >= 4 is 33.3 Å². The highest BCUT2D eigenvalue weighted by Crippen LogP contribution is 2.38. The number of rotatable bonds is 3. The van der Waals surface area contributed by atoms with Crippen LogP contribution in [0.1, 0.15) is 36.1 Å². The summed E-state index contributed by atoms with van der Waals surface area (Å²) in [6, 6.07) is 0. The first-order chi connectivity index (χ1) is 11.2. The minimum Gasteiger partial charge on any atom is -0.350 e. The third-order valence-corrected chi connectivity index (χ3v) is 6.12. The standard InChI is InChI=1S/C17H22N4OS/c1-20(10-14(22)21-8-4-5-9-21)16-15-12-6-2-3-7-13(12)23-17(15)19-11-18-16/h11H,2-10H2,1H3. The van der Waals surface area contributed by atoms with Gasteiger partial charge in [-0.1, -0.05) is 0 Å². The van der Waals surface area contributed by atoms with E-state index in [1.54, 1.807) is 17.7 Å². The van der Waals surface area contributed by atoms with Crippen LogP contribution in [0.5, 0.6) is 0 Å². The molecular formula is C17H22N4OS. The summed E-state index contributed by atoms with van der Waals surface area (Å²) in [5, 5.41) is 1.18. The molecule has 2 aromatic rings. The second-order valence-electron chi connectivity index (χ2n) is 6.53. The summed E-state index contributed by atoms with van der Waals surface area (Å²) >= 11 is 1.80. The van der Waals surface area contributed by atoms with Crippen molar-refractivity contribution in [2.45, 2.75) is 38.5 Å². The van der Waals surface area contributed by atoms with E-state index in [2.05, 4.69) is 9.97 Å². The van der Waals surface area contributed by atoms with Gasteiger partial charge in [-0.3, -0.25) is 4.79 Å². The molecule has 122 valence electrons. The molecule has 2 aromatic heterocycles. The van der Waals surface area contributed by atoms with Crippen molar-refractivity contribution in [3.05, 3.63) is 16.8 Å². The van der Waals surface area contributed by atoms with Crippen LogP contribution in [-0.2, 0) is 17.6 Å². The Bertz CT molecular complexity index is 736. The van der Waals surface area contributed by atoms with E-state index in [-0.39, 0.29) is 5.91 Å². The van der Waals surface area contributed by atoms with Gasteiger partial charge in [0.05, 0.1) is 11.9 Å². The molecule has 0 radical (unpaired) electrons. The Morgan fingerprint density at radius 3 is 2.83 bits per heavy atom. The van der Waals surface area contributed by atoms with Crippen LogP contribution < -0.4 is 4.90 Å². The molecule has 23 heavy (non-hydrogen) atoms. The van der Waals surface area contributed by atoms with Crippen molar-refractivity contribution < 1.29 is 4.79 Å². The van der Waals surface area contributed by atoms with Crippen LogP contribution in [0.3, 0.4) is 0 Å². The quantitative estimate of drug-likeness (QED) is 0.868. The van der Waals surface area contributed by atoms with Crippen molar-refractivity contribution in [3.8, 4) is 0 Å². The Balaban J connectivity index is 1.65. The molecule has 0 aromatic carbocycles. The molecule has 0 unspecified atom stereocenters. The number of anilines is 1. The van der Waals surface area contributed by atoms with E-state index >= 15 is 0 Å². The minimum atomic E-state index is 0.209. The number of nitrogens with zero attached hydrogens (tertiary/aromatic N) is 4. The second kappa shape index (κ2) is 6.07. The van der Waals surface area contributed by atoms with E-state index < -0.39 is 0 Å². The molecule has 2 aliphatic rings. The van der Waals surface area contributed by atoms with Gasteiger partial charge in [0.1, 0.15) is 17.0 Å². The normalized spacial score (nSPS) is 17.5. The predicted molar refractivity (Wildman–Crippen MR) is 93.1 cm³/mol. The lowest BCUT2D eigenvalue weighted by atomic mass is 9.97. The minimum absolute atomic E-state index is 0.209. The van der Waals surface area contributed by atoms with Crippen LogP contribution in [0.25, 0.3) is 10.2 Å². The fourth-order valence-corrected chi connectivity index (χ4v) is 4.93. The Morgan fingerprint density at radius 2 is 2.00 bits per heavy atom. The summed E-state index contributed by atoms with van der Waals surface area (Å²) in [6.07, 6.45) is 8.68. The number of hydrogen-bond acceptors (Lipinski definition) is 5. The van der Waals surface area contributed by atoms with Gasteiger partial charge in [-0.05, 0) is 44.1 Å². The van der Waals surface area contributed by atoms with Gasteiger partial charge in [-0.2, -0.15) is 0 Å². The third-order valence-electron chi connectivity index (χ3n) is 4.92. The molecular weight excluding hydrogens is 308 g/mol. The number of hydrogen-bond donors (Lipinski definition) is 0. The Morgan fingerprint density at radius 1 is 1.22 bits per heavy atom. The number of carbonyl (C=O) groups is 1. The maximum absolute atomic E-state index is 12.4. The van der Waals surface area contributed by atoms with Crippen LogP contribution in [0.15, 0.2) is 6.33 Å². The summed E-state index contributed by atoms with van der Waals surface area (Å²) in [6.45, 7) is 2.20. The summed E-state index contributed by atoms with van der Waals surface area (Å²) in [5.41, 5.74) is 1.42. The molecule has 1 saturated heterocycles. The molecule has 6 heteroatoms. The number of carbonyl (C=O) groups excluding carboxylic acids is 1. The van der Waals surface area contributed by atoms with Crippen LogP contribution in [0.4, 0.5) is 5.82 Å². The lowest BCUT2D eigenvalue weighted by Crippen LogP contribution is -2.37. The maximum atomic E-state index is 12.4. The first kappa shape index (κ1) is 14.9. The lowest BCUT2D eigenvalue weighted by Gasteiger charge is -2.23. The maximum Gasteiger partial charge on any atom is 0.242 e. The molecule has 0 N–H and O–H groups in total. The number of thiophene rings is 1. The predicted octanol–water partition coefficient (Wildman–Crippen LogP) is 2.63. The zero-order valence-electron chi connectivity index (χ0n) is 13.5. The average molecular weight is 330 g/mol. The highest BCUT2D eigenvalue weighted by Gasteiger charge is 2.24. The Hall–Kier alpha value is -1.69. The average Bonchev–Trinajstić information content (AvgIpc) is 3.21. The van der Waals surface area contributed by atoms with E-state index in [9.17, 15) is 4.79 Å². The highest BCUT2D eigenvalue weighted by atomic mass is 32.1. The summed E-state index contributed by atoms with van der Waals surface area (Å²) in [7, 11) is 1.97. The number of aryl methyl sites for hydroxylation is 2. The molecule has 3 heterocycles. The fourth-order valence-electron chi connectivity index (χ4n) is 3.71. The number of fused-ring (bicyclic) bond motifs is 3. The first-order valence-corrected chi connectivity index (χ1v) is 9.30. The topological polar surface area (TPSA) is 49.3 Å². The number of aromatic nitrogens is 2.